The van der Waals surface area contributed by atoms with Gasteiger partial charge in [-0.05, 0) is 29.7 Å². The molecule has 0 saturated carbocycles. The number of ether oxygens (including phenoxy) is 1. The highest BCUT2D eigenvalue weighted by Crippen LogP contribution is 2.21. The predicted octanol–water partition coefficient (Wildman–Crippen LogP) is 2.12. The number of amides is 1. The van der Waals surface area contributed by atoms with Gasteiger partial charge in [-0.2, -0.15) is 0 Å². The second-order valence-corrected chi connectivity index (χ2v) is 6.23. The van der Waals surface area contributed by atoms with Gasteiger partial charge in [0.2, 0.25) is 0 Å². The van der Waals surface area contributed by atoms with Crippen molar-refractivity contribution in [3.8, 4) is 0 Å². The minimum Gasteiger partial charge on any atom is -0.378 e. The summed E-state index contributed by atoms with van der Waals surface area (Å²) in [6.07, 6.45) is 0.908. The molecule has 0 atom stereocenters. The van der Waals surface area contributed by atoms with Gasteiger partial charge in [-0.1, -0.05) is 30.3 Å². The summed E-state index contributed by atoms with van der Waals surface area (Å²) in [4.78, 5) is 21.5. The molecule has 3 heterocycles. The molecule has 0 unspecified atom stereocenters. The summed E-state index contributed by atoms with van der Waals surface area (Å²) < 4.78 is 5.38. The zero-order chi connectivity index (χ0) is 16.4. The Morgan fingerprint density at radius 3 is 2.58 bits per heavy atom. The van der Waals surface area contributed by atoms with Gasteiger partial charge in [0.1, 0.15) is 11.5 Å². The molecular weight excluding hydrogens is 302 g/mol. The van der Waals surface area contributed by atoms with Crippen LogP contribution in [-0.2, 0) is 17.7 Å². The lowest BCUT2D eigenvalue weighted by molar-refractivity contribution is 0.0728. The van der Waals surface area contributed by atoms with Gasteiger partial charge in [0.25, 0.3) is 5.91 Å². The summed E-state index contributed by atoms with van der Waals surface area (Å²) in [5.41, 5.74) is 3.11. The molecule has 1 fully saturated rings. The second kappa shape index (κ2) is 6.61. The Labute approximate surface area is 141 Å². The van der Waals surface area contributed by atoms with Crippen molar-refractivity contribution in [2.24, 2.45) is 0 Å². The number of benzene rings is 1. The molecule has 1 amide bonds. The fraction of sp³-hybridized carbons (Fsp3) is 0.368. The summed E-state index contributed by atoms with van der Waals surface area (Å²) in [5.74, 6) is 0.876. The van der Waals surface area contributed by atoms with E-state index in [-0.39, 0.29) is 5.91 Å². The molecule has 0 N–H and O–H groups in total. The monoisotopic (exact) mass is 323 g/mol. The highest BCUT2D eigenvalue weighted by Gasteiger charge is 2.23. The number of hydrogen-bond acceptors (Lipinski definition) is 4. The Hall–Kier alpha value is -2.40. The highest BCUT2D eigenvalue weighted by molar-refractivity contribution is 5.92. The first kappa shape index (κ1) is 15.1. The van der Waals surface area contributed by atoms with Gasteiger partial charge < -0.3 is 14.5 Å². The van der Waals surface area contributed by atoms with Gasteiger partial charge in [-0.3, -0.25) is 4.79 Å². The van der Waals surface area contributed by atoms with Crippen molar-refractivity contribution < 1.29 is 9.53 Å². The van der Waals surface area contributed by atoms with E-state index in [0.29, 0.717) is 25.5 Å². The minimum atomic E-state index is 0.0135. The van der Waals surface area contributed by atoms with Crippen molar-refractivity contribution in [1.82, 2.24) is 9.88 Å². The van der Waals surface area contributed by atoms with E-state index in [2.05, 4.69) is 28.1 Å². The number of nitrogens with zero attached hydrogens (tertiary/aromatic N) is 3. The van der Waals surface area contributed by atoms with Crippen LogP contribution < -0.4 is 4.90 Å². The number of anilines is 1. The number of aromatic nitrogens is 1. The van der Waals surface area contributed by atoms with Gasteiger partial charge >= 0.3 is 0 Å². The van der Waals surface area contributed by atoms with Crippen LogP contribution in [0.4, 0.5) is 5.82 Å². The van der Waals surface area contributed by atoms with E-state index in [9.17, 15) is 4.79 Å². The molecule has 0 radical (unpaired) electrons. The Bertz CT molecular complexity index is 741. The van der Waals surface area contributed by atoms with Crippen LogP contribution in [0.5, 0.6) is 0 Å². The van der Waals surface area contributed by atoms with E-state index in [0.717, 1.165) is 31.9 Å². The molecule has 2 aliphatic rings. The van der Waals surface area contributed by atoms with Gasteiger partial charge in [-0.25, -0.2) is 4.98 Å². The molecular formula is C19H21N3O2. The topological polar surface area (TPSA) is 45.7 Å². The first-order chi connectivity index (χ1) is 11.8. The average molecular weight is 323 g/mol. The number of hydrogen-bond donors (Lipinski definition) is 0. The van der Waals surface area contributed by atoms with E-state index >= 15 is 0 Å². The lowest BCUT2D eigenvalue weighted by atomic mass is 10.00. The molecule has 4 rings (SSSR count). The quantitative estimate of drug-likeness (QED) is 0.849. The lowest BCUT2D eigenvalue weighted by Crippen LogP contribution is -2.38. The van der Waals surface area contributed by atoms with Crippen molar-refractivity contribution in [2.75, 3.05) is 37.7 Å². The first-order valence-corrected chi connectivity index (χ1v) is 8.47. The third-order valence-corrected chi connectivity index (χ3v) is 4.71. The van der Waals surface area contributed by atoms with E-state index < -0.39 is 0 Å². The highest BCUT2D eigenvalue weighted by atomic mass is 16.5. The molecule has 1 aromatic carbocycles. The normalized spacial score (nSPS) is 17.5. The van der Waals surface area contributed by atoms with E-state index in [4.69, 9.17) is 4.74 Å². The van der Waals surface area contributed by atoms with Crippen molar-refractivity contribution in [2.45, 2.75) is 13.0 Å². The summed E-state index contributed by atoms with van der Waals surface area (Å²) in [6.45, 7) is 4.48. The molecule has 5 heteroatoms. The summed E-state index contributed by atoms with van der Waals surface area (Å²) >= 11 is 0. The average Bonchev–Trinajstić information content (AvgIpc) is 2.68. The van der Waals surface area contributed by atoms with Crippen molar-refractivity contribution >= 4 is 11.7 Å². The van der Waals surface area contributed by atoms with Crippen molar-refractivity contribution in [3.05, 3.63) is 59.3 Å². The third-order valence-electron chi connectivity index (χ3n) is 4.71. The summed E-state index contributed by atoms with van der Waals surface area (Å²) in [7, 11) is 0. The SMILES string of the molecule is O=C(c1cccc(N2CCOCC2)n1)N1CCc2ccccc2C1. The van der Waals surface area contributed by atoms with Crippen LogP contribution in [0.1, 0.15) is 21.6 Å². The molecule has 0 bridgehead atoms. The fourth-order valence-electron chi connectivity index (χ4n) is 3.34. The molecule has 24 heavy (non-hydrogen) atoms. The Morgan fingerprint density at radius 1 is 0.958 bits per heavy atom. The number of morpholine rings is 1. The zero-order valence-corrected chi connectivity index (χ0v) is 13.6. The largest absolute Gasteiger partial charge is 0.378 e. The smallest absolute Gasteiger partial charge is 0.272 e. The van der Waals surface area contributed by atoms with Gasteiger partial charge in [0, 0.05) is 26.2 Å². The van der Waals surface area contributed by atoms with Crippen LogP contribution in [0.15, 0.2) is 42.5 Å². The van der Waals surface area contributed by atoms with Crippen LogP contribution in [0, 0.1) is 0 Å². The Balaban J connectivity index is 1.52. The van der Waals surface area contributed by atoms with Crippen LogP contribution in [0.3, 0.4) is 0 Å². The maximum atomic E-state index is 12.9. The molecule has 0 spiro atoms. The van der Waals surface area contributed by atoms with Crippen LogP contribution >= 0.6 is 0 Å². The maximum absolute atomic E-state index is 12.9. The van der Waals surface area contributed by atoms with E-state index in [1.807, 2.05) is 29.2 Å². The van der Waals surface area contributed by atoms with Gasteiger partial charge in [-0.15, -0.1) is 0 Å². The molecule has 2 aliphatic heterocycles. The molecule has 124 valence electrons. The van der Waals surface area contributed by atoms with Crippen molar-refractivity contribution in [1.29, 1.82) is 0 Å². The second-order valence-electron chi connectivity index (χ2n) is 6.23. The minimum absolute atomic E-state index is 0.0135. The third kappa shape index (κ3) is 2.99. The van der Waals surface area contributed by atoms with E-state index in [1.165, 1.54) is 11.1 Å². The number of fused-ring (bicyclic) bond motifs is 1. The zero-order valence-electron chi connectivity index (χ0n) is 13.6. The van der Waals surface area contributed by atoms with E-state index in [1.54, 1.807) is 0 Å². The van der Waals surface area contributed by atoms with Crippen molar-refractivity contribution in [3.63, 3.8) is 0 Å². The molecule has 0 aliphatic carbocycles. The predicted molar refractivity (Wildman–Crippen MR) is 92.2 cm³/mol. The van der Waals surface area contributed by atoms with Crippen LogP contribution in [-0.4, -0.2) is 48.6 Å². The number of carbonyl (C=O) groups is 1. The van der Waals surface area contributed by atoms with Crippen LogP contribution in [0.2, 0.25) is 0 Å². The molecule has 1 saturated heterocycles. The Kier molecular flexibility index (Phi) is 4.17. The molecule has 1 aromatic heterocycles. The summed E-state index contributed by atoms with van der Waals surface area (Å²) in [5, 5.41) is 0. The lowest BCUT2D eigenvalue weighted by Gasteiger charge is -2.30. The molecule has 5 nitrogen and oxygen atoms in total. The standard InChI is InChI=1S/C19H21N3O2/c23-19(22-9-8-15-4-1-2-5-16(15)14-22)17-6-3-7-18(20-17)21-10-12-24-13-11-21/h1-7H,8-14H2. The van der Waals surface area contributed by atoms with Gasteiger partial charge in [0.05, 0.1) is 13.2 Å². The van der Waals surface area contributed by atoms with Gasteiger partial charge in [0.15, 0.2) is 0 Å². The number of pyridine rings is 1. The van der Waals surface area contributed by atoms with Crippen LogP contribution in [0.25, 0.3) is 0 Å². The molecule has 2 aromatic rings. The fourth-order valence-corrected chi connectivity index (χ4v) is 3.34. The number of rotatable bonds is 2. The number of carbonyl (C=O) groups excluding carboxylic acids is 1. The maximum Gasteiger partial charge on any atom is 0.272 e. The first-order valence-electron chi connectivity index (χ1n) is 8.47. The summed E-state index contributed by atoms with van der Waals surface area (Å²) in [6, 6.07) is 14.0. The Morgan fingerprint density at radius 2 is 1.75 bits per heavy atom.